The van der Waals surface area contributed by atoms with E-state index < -0.39 is 27.8 Å². The topological polar surface area (TPSA) is 80.9 Å². The third-order valence-electron chi connectivity index (χ3n) is 4.73. The van der Waals surface area contributed by atoms with Gasteiger partial charge in [0.2, 0.25) is 0 Å². The molecule has 0 fully saturated rings. The van der Waals surface area contributed by atoms with Gasteiger partial charge in [0.15, 0.2) is 16.6 Å². The average Bonchev–Trinajstić information content (AvgIpc) is 2.45. The van der Waals surface area contributed by atoms with Crippen LogP contribution in [-0.2, 0) is 21.7 Å². The summed E-state index contributed by atoms with van der Waals surface area (Å²) in [6, 6.07) is 6.44. The first-order chi connectivity index (χ1) is 16.5. The van der Waals surface area contributed by atoms with Gasteiger partial charge < -0.3 is 19.8 Å². The summed E-state index contributed by atoms with van der Waals surface area (Å²) >= 11 is 0. The summed E-state index contributed by atoms with van der Waals surface area (Å²) in [5, 5.41) is 17.0. The quantitative estimate of drug-likeness (QED) is 0.162. The van der Waals surface area contributed by atoms with Crippen molar-refractivity contribution < 1.29 is 41.5 Å². The Balaban J connectivity index is -0.000000145. The van der Waals surface area contributed by atoms with Gasteiger partial charge in [0.25, 0.3) is 0 Å². The zero-order chi connectivity index (χ0) is 31.7. The monoisotopic (exact) mass is 628 g/mol. The molecule has 0 aliphatic heterocycles. The van der Waals surface area contributed by atoms with Crippen LogP contribution in [0.25, 0.3) is 0 Å². The molecule has 0 rings (SSSR count). The molecule has 0 unspecified atom stereocenters. The van der Waals surface area contributed by atoms with Gasteiger partial charge in [0.05, 0.1) is 11.2 Å². The molecule has 0 heterocycles. The summed E-state index contributed by atoms with van der Waals surface area (Å²) < 4.78 is 0. The molecule has 0 saturated heterocycles. The van der Waals surface area contributed by atoms with Crippen molar-refractivity contribution in [1.82, 2.24) is 0 Å². The summed E-state index contributed by atoms with van der Waals surface area (Å²) in [4.78, 5) is 21.3. The van der Waals surface area contributed by atoms with Crippen LogP contribution in [0.5, 0.6) is 0 Å². The van der Waals surface area contributed by atoms with Crippen molar-refractivity contribution in [3.63, 3.8) is 0 Å². The van der Waals surface area contributed by atoms with Crippen molar-refractivity contribution in [2.75, 3.05) is 0 Å². The molecule has 0 aromatic rings. The van der Waals surface area contributed by atoms with E-state index in [0.29, 0.717) is 35.5 Å². The molecule has 0 radical (unpaired) electrons. The average molecular weight is 629 g/mol. The zero-order valence-electron chi connectivity index (χ0n) is 30.0. The first kappa shape index (κ1) is 49.7. The third-order valence-corrected chi connectivity index (χ3v) is 14.2. The maximum atomic E-state index is 10.7. The molecule has 4 nitrogen and oxygen atoms in total. The summed E-state index contributed by atoms with van der Waals surface area (Å²) in [5.74, 6) is 3.86. The van der Waals surface area contributed by atoms with Crippen LogP contribution in [0.1, 0.15) is 125 Å². The fourth-order valence-electron chi connectivity index (χ4n) is 5.06. The van der Waals surface area contributed by atoms with Gasteiger partial charge in [0, 0.05) is 21.7 Å². The standard InChI is InChI=1S/2C12H28OSi.2C4H10O.Ti/c2*1-10(2)7-14(13,8-11(3)4)9-12(5)6;2*1-4(2,3)5;/h2*10-13H,7-9H2,1-6H3;2*5H,1-3H3;. The Morgan fingerprint density at radius 3 is 0.513 bits per heavy atom. The Kier molecular flexibility index (Phi) is 29.8. The SMILES string of the molecule is CC(C)(C)O.CC(C)(C)O.CC(C)C[Si](O)(CC(C)C)CC(C)C.CC(C)C[Si](O)(CC(C)C)CC(C)C.[Ti]. The fraction of sp³-hybridized carbons (Fsp3) is 1.00. The molecule has 0 aromatic carbocycles. The van der Waals surface area contributed by atoms with Gasteiger partial charge >= 0.3 is 0 Å². The first-order valence-electron chi connectivity index (χ1n) is 15.4. The summed E-state index contributed by atoms with van der Waals surface area (Å²) in [6.07, 6.45) is 0. The van der Waals surface area contributed by atoms with E-state index in [4.69, 9.17) is 10.2 Å². The van der Waals surface area contributed by atoms with E-state index in [0.717, 1.165) is 36.3 Å². The normalized spacial score (nSPS) is 12.6. The molecule has 7 heteroatoms. The summed E-state index contributed by atoms with van der Waals surface area (Å²) in [7, 11) is -3.88. The molecule has 0 bridgehead atoms. The molecule has 0 saturated carbocycles. The number of hydrogen-bond donors (Lipinski definition) is 4. The first-order valence-corrected chi connectivity index (χ1v) is 20.5. The molecule has 0 aliphatic rings. The maximum absolute atomic E-state index is 10.7. The Hall–Kier alpha value is 0.988. The van der Waals surface area contributed by atoms with Gasteiger partial charge in [0.1, 0.15) is 0 Å². The van der Waals surface area contributed by atoms with E-state index >= 15 is 0 Å². The van der Waals surface area contributed by atoms with Crippen LogP contribution in [0.3, 0.4) is 0 Å². The Morgan fingerprint density at radius 1 is 0.385 bits per heavy atom. The molecule has 0 atom stereocenters. The Bertz CT molecular complexity index is 424. The summed E-state index contributed by atoms with van der Waals surface area (Å²) in [5.41, 5.74) is -1.00. The van der Waals surface area contributed by atoms with Crippen LogP contribution in [0.15, 0.2) is 0 Å². The van der Waals surface area contributed by atoms with Gasteiger partial charge in [-0.25, -0.2) is 0 Å². The van der Waals surface area contributed by atoms with Crippen molar-refractivity contribution in [1.29, 1.82) is 0 Å². The predicted molar refractivity (Wildman–Crippen MR) is 178 cm³/mol. The van der Waals surface area contributed by atoms with Crippen LogP contribution in [0.2, 0.25) is 36.3 Å². The predicted octanol–water partition coefficient (Wildman–Crippen LogP) is 9.34. The molecular weight excluding hydrogens is 552 g/mol. The van der Waals surface area contributed by atoms with Gasteiger partial charge in [-0.15, -0.1) is 0 Å². The van der Waals surface area contributed by atoms with Crippen LogP contribution in [-0.4, -0.2) is 47.6 Å². The molecule has 0 spiro atoms. The van der Waals surface area contributed by atoms with Gasteiger partial charge in [-0.3, -0.25) is 0 Å². The second-order valence-corrected chi connectivity index (χ2v) is 23.7. The number of hydrogen-bond acceptors (Lipinski definition) is 4. The van der Waals surface area contributed by atoms with Crippen LogP contribution < -0.4 is 0 Å². The smallest absolute Gasteiger partial charge is 0.189 e. The minimum Gasteiger partial charge on any atom is -0.432 e. The van der Waals surface area contributed by atoms with E-state index in [1.54, 1.807) is 41.5 Å². The van der Waals surface area contributed by atoms with Crippen LogP contribution in [0.4, 0.5) is 0 Å². The molecule has 4 N–H and O–H groups in total. The second kappa shape index (κ2) is 23.4. The Morgan fingerprint density at radius 2 is 0.462 bits per heavy atom. The molecule has 0 amide bonds. The van der Waals surface area contributed by atoms with Crippen molar-refractivity contribution in [3.8, 4) is 0 Å². The van der Waals surface area contributed by atoms with Crippen molar-refractivity contribution in [2.24, 2.45) is 35.5 Å². The van der Waals surface area contributed by atoms with E-state index in [2.05, 4.69) is 83.1 Å². The molecule has 39 heavy (non-hydrogen) atoms. The maximum Gasteiger partial charge on any atom is 0.189 e. The van der Waals surface area contributed by atoms with E-state index in [9.17, 15) is 9.59 Å². The molecule has 0 aliphatic carbocycles. The van der Waals surface area contributed by atoms with E-state index in [1.165, 1.54) is 0 Å². The van der Waals surface area contributed by atoms with Crippen LogP contribution in [0, 0.1) is 35.5 Å². The number of aliphatic hydroxyl groups is 2. The van der Waals surface area contributed by atoms with Crippen molar-refractivity contribution >= 4 is 16.6 Å². The van der Waals surface area contributed by atoms with E-state index in [1.807, 2.05) is 0 Å². The fourth-order valence-corrected chi connectivity index (χ4v) is 15.2. The minimum atomic E-state index is -1.94. The van der Waals surface area contributed by atoms with Gasteiger partial charge in [-0.2, -0.15) is 0 Å². The molecular formula is C32H76O4Si2Ti. The van der Waals surface area contributed by atoms with Crippen molar-refractivity contribution in [2.45, 2.75) is 172 Å². The summed E-state index contributed by atoms with van der Waals surface area (Å²) in [6.45, 7) is 37.1. The van der Waals surface area contributed by atoms with Gasteiger partial charge in [-0.1, -0.05) is 83.1 Å². The van der Waals surface area contributed by atoms with Gasteiger partial charge in [-0.05, 0) is 113 Å². The molecule has 240 valence electrons. The number of rotatable bonds is 12. The van der Waals surface area contributed by atoms with Crippen molar-refractivity contribution in [3.05, 3.63) is 0 Å². The van der Waals surface area contributed by atoms with Crippen LogP contribution >= 0.6 is 0 Å². The third kappa shape index (κ3) is 55.5. The zero-order valence-corrected chi connectivity index (χ0v) is 33.6. The Labute approximate surface area is 264 Å². The largest absolute Gasteiger partial charge is 0.432 e. The second-order valence-electron chi connectivity index (χ2n) is 16.4. The molecule has 0 aromatic heterocycles. The van der Waals surface area contributed by atoms with E-state index in [-0.39, 0.29) is 21.7 Å². The minimum absolute atomic E-state index is 0.